The third-order valence-electron chi connectivity index (χ3n) is 6.42. The van der Waals surface area contributed by atoms with E-state index in [0.717, 1.165) is 36.0 Å². The number of anilines is 1. The average molecular weight is 456 g/mol. The molecule has 1 atom stereocenters. The molecular formula is C26H34FNO3Si. The van der Waals surface area contributed by atoms with Gasteiger partial charge < -0.3 is 9.16 Å². The van der Waals surface area contributed by atoms with E-state index in [2.05, 4.69) is 45.3 Å². The van der Waals surface area contributed by atoms with Crippen LogP contribution in [0.1, 0.15) is 51.2 Å². The van der Waals surface area contributed by atoms with Gasteiger partial charge in [0.2, 0.25) is 0 Å². The quantitative estimate of drug-likeness (QED) is 0.458. The van der Waals surface area contributed by atoms with Crippen molar-refractivity contribution in [2.75, 3.05) is 5.32 Å². The van der Waals surface area contributed by atoms with E-state index < -0.39 is 20.2 Å². The predicted molar refractivity (Wildman–Crippen MR) is 131 cm³/mol. The van der Waals surface area contributed by atoms with Gasteiger partial charge in [0, 0.05) is 6.10 Å². The lowest BCUT2D eigenvalue weighted by atomic mass is 9.92. The number of benzene rings is 2. The highest BCUT2D eigenvalue weighted by Gasteiger charge is 2.39. The van der Waals surface area contributed by atoms with Crippen LogP contribution >= 0.6 is 0 Å². The maximum atomic E-state index is 14.6. The molecule has 1 amide bonds. The maximum absolute atomic E-state index is 14.6. The molecule has 1 unspecified atom stereocenters. The van der Waals surface area contributed by atoms with Crippen molar-refractivity contribution in [3.63, 3.8) is 0 Å². The van der Waals surface area contributed by atoms with Crippen LogP contribution in [0.15, 0.2) is 54.6 Å². The van der Waals surface area contributed by atoms with Gasteiger partial charge in [-0.25, -0.2) is 9.18 Å². The Morgan fingerprint density at radius 2 is 1.88 bits per heavy atom. The molecular weight excluding hydrogens is 421 g/mol. The zero-order valence-corrected chi connectivity index (χ0v) is 20.7. The Morgan fingerprint density at radius 1 is 1.16 bits per heavy atom. The summed E-state index contributed by atoms with van der Waals surface area (Å²) in [5.74, 6) is -0.472. The van der Waals surface area contributed by atoms with Gasteiger partial charge in [0.1, 0.15) is 12.4 Å². The second-order valence-electron chi connectivity index (χ2n) is 9.89. The molecule has 1 aliphatic carbocycles. The number of hydrogen-bond donors (Lipinski definition) is 1. The van der Waals surface area contributed by atoms with Crippen molar-refractivity contribution in [2.45, 2.75) is 70.9 Å². The van der Waals surface area contributed by atoms with Crippen molar-refractivity contribution in [2.24, 2.45) is 0 Å². The van der Waals surface area contributed by atoms with Crippen LogP contribution in [0.25, 0.3) is 5.57 Å². The second-order valence-corrected chi connectivity index (χ2v) is 14.6. The molecule has 0 aromatic heterocycles. The monoisotopic (exact) mass is 455 g/mol. The number of hydrogen-bond acceptors (Lipinski definition) is 3. The maximum Gasteiger partial charge on any atom is 0.412 e. The van der Waals surface area contributed by atoms with E-state index >= 15 is 0 Å². The van der Waals surface area contributed by atoms with Crippen molar-refractivity contribution in [3.05, 3.63) is 71.6 Å². The zero-order valence-electron chi connectivity index (χ0n) is 19.7. The van der Waals surface area contributed by atoms with Gasteiger partial charge in [-0.15, -0.1) is 0 Å². The molecule has 0 radical (unpaired) electrons. The molecule has 0 saturated carbocycles. The molecule has 0 saturated heterocycles. The average Bonchev–Trinajstić information content (AvgIpc) is 2.74. The molecule has 32 heavy (non-hydrogen) atoms. The summed E-state index contributed by atoms with van der Waals surface area (Å²) in [4.78, 5) is 12.0. The molecule has 4 nitrogen and oxygen atoms in total. The number of ether oxygens (including phenoxy) is 1. The smallest absolute Gasteiger partial charge is 0.412 e. The first-order valence-electron chi connectivity index (χ1n) is 11.2. The summed E-state index contributed by atoms with van der Waals surface area (Å²) >= 11 is 0. The van der Waals surface area contributed by atoms with E-state index in [1.165, 1.54) is 6.07 Å². The molecule has 1 aliphatic rings. The van der Waals surface area contributed by atoms with Crippen LogP contribution in [0.3, 0.4) is 0 Å². The molecule has 0 heterocycles. The van der Waals surface area contributed by atoms with Gasteiger partial charge in [0.25, 0.3) is 0 Å². The molecule has 1 N–H and O–H groups in total. The normalized spacial score (nSPS) is 16.9. The summed E-state index contributed by atoms with van der Waals surface area (Å²) < 4.78 is 26.3. The van der Waals surface area contributed by atoms with Crippen molar-refractivity contribution in [1.82, 2.24) is 0 Å². The van der Waals surface area contributed by atoms with Crippen LogP contribution in [-0.2, 0) is 15.8 Å². The Hall–Kier alpha value is -2.44. The Bertz CT molecular complexity index is 967. The van der Waals surface area contributed by atoms with Gasteiger partial charge in [-0.3, -0.25) is 5.32 Å². The summed E-state index contributed by atoms with van der Waals surface area (Å²) in [7, 11) is -1.80. The lowest BCUT2D eigenvalue weighted by Crippen LogP contribution is -2.44. The predicted octanol–water partition coefficient (Wildman–Crippen LogP) is 7.53. The van der Waals surface area contributed by atoms with Crippen molar-refractivity contribution in [1.29, 1.82) is 0 Å². The Morgan fingerprint density at radius 3 is 2.47 bits per heavy atom. The minimum absolute atomic E-state index is 0.113. The number of rotatable bonds is 6. The molecule has 0 bridgehead atoms. The first-order chi connectivity index (χ1) is 15.0. The molecule has 2 aromatic carbocycles. The van der Waals surface area contributed by atoms with Gasteiger partial charge in [-0.1, -0.05) is 63.2 Å². The number of amides is 1. The number of halogens is 1. The highest BCUT2D eigenvalue weighted by molar-refractivity contribution is 6.74. The number of carbonyl (C=O) groups excluding carboxylic acids is 1. The summed E-state index contributed by atoms with van der Waals surface area (Å²) in [6.07, 6.45) is 4.34. The third-order valence-corrected chi connectivity index (χ3v) is 11.0. The third kappa shape index (κ3) is 6.30. The molecule has 0 aliphatic heterocycles. The Balaban J connectivity index is 1.57. The largest absolute Gasteiger partial charge is 0.444 e. The summed E-state index contributed by atoms with van der Waals surface area (Å²) in [6.45, 7) is 11.4. The second kappa shape index (κ2) is 10.0. The summed E-state index contributed by atoms with van der Waals surface area (Å²) in [6, 6.07) is 14.3. The molecule has 172 valence electrons. The Labute approximate surface area is 192 Å². The van der Waals surface area contributed by atoms with Crippen LogP contribution in [0, 0.1) is 5.82 Å². The van der Waals surface area contributed by atoms with E-state index in [9.17, 15) is 9.18 Å². The van der Waals surface area contributed by atoms with Gasteiger partial charge in [0.05, 0.1) is 5.69 Å². The van der Waals surface area contributed by atoms with Gasteiger partial charge in [-0.05, 0) is 66.2 Å². The minimum atomic E-state index is -1.80. The fourth-order valence-electron chi connectivity index (χ4n) is 3.46. The first kappa shape index (κ1) is 24.2. The van der Waals surface area contributed by atoms with E-state index in [0.29, 0.717) is 0 Å². The fraction of sp³-hybridized carbons (Fsp3) is 0.423. The molecule has 0 fully saturated rings. The van der Waals surface area contributed by atoms with Crippen LogP contribution in [0.5, 0.6) is 0 Å². The van der Waals surface area contributed by atoms with Crippen molar-refractivity contribution in [3.8, 4) is 0 Å². The molecule has 0 spiro atoms. The zero-order chi connectivity index (χ0) is 23.4. The van der Waals surface area contributed by atoms with E-state index in [1.54, 1.807) is 6.07 Å². The Kier molecular flexibility index (Phi) is 7.57. The van der Waals surface area contributed by atoms with Gasteiger partial charge in [-0.2, -0.15) is 0 Å². The lowest BCUT2D eigenvalue weighted by Gasteiger charge is -2.40. The van der Waals surface area contributed by atoms with Crippen molar-refractivity contribution < 1.29 is 18.3 Å². The molecule has 3 rings (SSSR count). The van der Waals surface area contributed by atoms with E-state index in [-0.39, 0.29) is 23.4 Å². The molecule has 2 aromatic rings. The summed E-state index contributed by atoms with van der Waals surface area (Å²) in [5.41, 5.74) is 2.95. The number of allylic oxidation sites excluding steroid dienone is 1. The minimum Gasteiger partial charge on any atom is -0.444 e. The topological polar surface area (TPSA) is 47.6 Å². The van der Waals surface area contributed by atoms with Gasteiger partial charge >= 0.3 is 6.09 Å². The van der Waals surface area contributed by atoms with Crippen molar-refractivity contribution >= 4 is 25.7 Å². The SMILES string of the molecule is CC(C)(C)[Si](C)(C)OC1CC=C(c2ccc(NC(=O)OCc3ccccc3)c(F)c2)CC1. The van der Waals surface area contributed by atoms with E-state index in [4.69, 9.17) is 9.16 Å². The highest BCUT2D eigenvalue weighted by atomic mass is 28.4. The van der Waals surface area contributed by atoms with E-state index in [1.807, 2.05) is 36.4 Å². The summed E-state index contributed by atoms with van der Waals surface area (Å²) in [5, 5.41) is 2.67. The van der Waals surface area contributed by atoms with Crippen LogP contribution in [0.4, 0.5) is 14.9 Å². The van der Waals surface area contributed by atoms with Crippen LogP contribution < -0.4 is 5.32 Å². The van der Waals surface area contributed by atoms with Crippen LogP contribution in [0.2, 0.25) is 18.1 Å². The standard InChI is InChI=1S/C26H34FNO3Si/c1-26(2,3)32(4,5)31-22-14-11-20(12-15-22)21-13-16-24(23(27)17-21)28-25(29)30-18-19-9-7-6-8-10-19/h6-11,13,16-17,22H,12,14-15,18H2,1-5H3,(H,28,29). The van der Waals surface area contributed by atoms with Crippen LogP contribution in [-0.4, -0.2) is 20.5 Å². The molecule has 6 heteroatoms. The van der Waals surface area contributed by atoms with Gasteiger partial charge in [0.15, 0.2) is 8.32 Å². The number of carbonyl (C=O) groups is 1. The first-order valence-corrected chi connectivity index (χ1v) is 14.1. The highest BCUT2D eigenvalue weighted by Crippen LogP contribution is 2.39. The number of nitrogens with one attached hydrogen (secondary N) is 1. The fourth-order valence-corrected chi connectivity index (χ4v) is 4.86. The lowest BCUT2D eigenvalue weighted by molar-refractivity contribution is 0.155.